The summed E-state index contributed by atoms with van der Waals surface area (Å²) in [5, 5.41) is 0. The molecule has 0 saturated carbocycles. The van der Waals surface area contributed by atoms with Crippen molar-refractivity contribution in [3.8, 4) is 5.75 Å². The average molecular weight is 272 g/mol. The first-order valence-corrected chi connectivity index (χ1v) is 6.77. The van der Waals surface area contributed by atoms with E-state index < -0.39 is 0 Å². The van der Waals surface area contributed by atoms with Crippen molar-refractivity contribution in [1.29, 1.82) is 0 Å². The molecule has 0 saturated heterocycles. The molecule has 1 unspecified atom stereocenters. The Labute approximate surface area is 119 Å². The molecule has 0 aliphatic heterocycles. The van der Waals surface area contributed by atoms with Crippen molar-refractivity contribution >= 4 is 0 Å². The number of ether oxygens (including phenoxy) is 1. The van der Waals surface area contributed by atoms with Gasteiger partial charge in [-0.25, -0.2) is 5.43 Å². The minimum atomic E-state index is -0.195. The van der Waals surface area contributed by atoms with E-state index in [1.54, 1.807) is 18.6 Å². The van der Waals surface area contributed by atoms with Gasteiger partial charge >= 0.3 is 0 Å². The van der Waals surface area contributed by atoms with Gasteiger partial charge in [-0.2, -0.15) is 0 Å². The van der Waals surface area contributed by atoms with Gasteiger partial charge in [-0.3, -0.25) is 15.8 Å². The number of rotatable bonds is 6. The van der Waals surface area contributed by atoms with Crippen LogP contribution in [0.25, 0.3) is 0 Å². The van der Waals surface area contributed by atoms with Crippen LogP contribution >= 0.6 is 0 Å². The molecular formula is C15H20N4O. The Morgan fingerprint density at radius 3 is 2.90 bits per heavy atom. The molecule has 2 rings (SSSR count). The normalized spacial score (nSPS) is 12.2. The summed E-state index contributed by atoms with van der Waals surface area (Å²) in [5.74, 6) is 6.46. The fourth-order valence-electron chi connectivity index (χ4n) is 2.18. The van der Waals surface area contributed by atoms with Gasteiger partial charge in [-0.1, -0.05) is 13.0 Å². The molecule has 2 heterocycles. The Morgan fingerprint density at radius 1 is 1.35 bits per heavy atom. The van der Waals surface area contributed by atoms with Crippen molar-refractivity contribution < 1.29 is 4.74 Å². The molecule has 0 spiro atoms. The largest absolute Gasteiger partial charge is 0.492 e. The van der Waals surface area contributed by atoms with Crippen molar-refractivity contribution in [2.45, 2.75) is 26.3 Å². The van der Waals surface area contributed by atoms with E-state index in [9.17, 15) is 0 Å². The van der Waals surface area contributed by atoms with Gasteiger partial charge in [0.2, 0.25) is 0 Å². The minimum Gasteiger partial charge on any atom is -0.492 e. The second kappa shape index (κ2) is 6.98. The maximum absolute atomic E-state index is 5.73. The number of nitrogens with zero attached hydrogens (tertiary/aromatic N) is 2. The fourth-order valence-corrected chi connectivity index (χ4v) is 2.18. The van der Waals surface area contributed by atoms with E-state index in [4.69, 9.17) is 10.6 Å². The van der Waals surface area contributed by atoms with E-state index in [0.29, 0.717) is 6.61 Å². The molecule has 20 heavy (non-hydrogen) atoms. The number of aromatic nitrogens is 2. The third-order valence-electron chi connectivity index (χ3n) is 3.13. The SMILES string of the molecule is CCOc1cncc(C(NN)c2ncccc2CC)c1. The first-order chi connectivity index (χ1) is 9.80. The van der Waals surface area contributed by atoms with Crippen LogP contribution in [0.4, 0.5) is 0 Å². The van der Waals surface area contributed by atoms with Gasteiger partial charge in [0.05, 0.1) is 24.5 Å². The van der Waals surface area contributed by atoms with Gasteiger partial charge in [0.1, 0.15) is 5.75 Å². The van der Waals surface area contributed by atoms with Crippen LogP contribution in [0, 0.1) is 0 Å². The van der Waals surface area contributed by atoms with E-state index in [1.165, 1.54) is 0 Å². The highest BCUT2D eigenvalue weighted by atomic mass is 16.5. The number of pyridine rings is 2. The highest BCUT2D eigenvalue weighted by molar-refractivity contribution is 5.34. The molecule has 3 N–H and O–H groups in total. The number of nitrogens with two attached hydrogens (primary N) is 1. The number of nitrogens with one attached hydrogen (secondary N) is 1. The molecule has 2 aromatic rings. The molecular weight excluding hydrogens is 252 g/mol. The van der Waals surface area contributed by atoms with Gasteiger partial charge in [0, 0.05) is 12.4 Å². The summed E-state index contributed by atoms with van der Waals surface area (Å²) >= 11 is 0. The summed E-state index contributed by atoms with van der Waals surface area (Å²) in [4.78, 5) is 8.67. The maximum atomic E-state index is 5.73. The molecule has 0 aromatic carbocycles. The van der Waals surface area contributed by atoms with Gasteiger partial charge in [-0.15, -0.1) is 0 Å². The lowest BCUT2D eigenvalue weighted by Gasteiger charge is -2.18. The Balaban J connectivity index is 2.39. The topological polar surface area (TPSA) is 73.1 Å². The van der Waals surface area contributed by atoms with E-state index in [0.717, 1.165) is 29.0 Å². The zero-order valence-electron chi connectivity index (χ0n) is 11.8. The Morgan fingerprint density at radius 2 is 2.20 bits per heavy atom. The quantitative estimate of drug-likeness (QED) is 0.621. The van der Waals surface area contributed by atoms with E-state index >= 15 is 0 Å². The average Bonchev–Trinajstić information content (AvgIpc) is 2.49. The van der Waals surface area contributed by atoms with Crippen molar-refractivity contribution in [3.63, 3.8) is 0 Å². The zero-order valence-corrected chi connectivity index (χ0v) is 11.8. The van der Waals surface area contributed by atoms with E-state index in [2.05, 4.69) is 28.4 Å². The molecule has 5 heteroatoms. The first kappa shape index (κ1) is 14.4. The van der Waals surface area contributed by atoms with Crippen LogP contribution in [0.5, 0.6) is 5.75 Å². The Bertz CT molecular complexity index is 559. The van der Waals surface area contributed by atoms with Crippen molar-refractivity contribution in [3.05, 3.63) is 53.6 Å². The molecule has 0 fully saturated rings. The molecule has 1 atom stereocenters. The summed E-state index contributed by atoms with van der Waals surface area (Å²) in [5.41, 5.74) is 5.85. The van der Waals surface area contributed by atoms with Crippen LogP contribution in [-0.2, 0) is 6.42 Å². The highest BCUT2D eigenvalue weighted by Gasteiger charge is 2.17. The van der Waals surface area contributed by atoms with E-state index in [1.807, 2.05) is 19.1 Å². The maximum Gasteiger partial charge on any atom is 0.137 e. The number of aryl methyl sites for hydroxylation is 1. The van der Waals surface area contributed by atoms with Crippen LogP contribution in [0.1, 0.15) is 36.7 Å². The fraction of sp³-hybridized carbons (Fsp3) is 0.333. The third-order valence-corrected chi connectivity index (χ3v) is 3.13. The smallest absolute Gasteiger partial charge is 0.137 e. The first-order valence-electron chi connectivity index (χ1n) is 6.77. The minimum absolute atomic E-state index is 0.195. The molecule has 2 aromatic heterocycles. The summed E-state index contributed by atoms with van der Waals surface area (Å²) in [6.45, 7) is 4.65. The standard InChI is InChI=1S/C15H20N4O/c1-3-11-6-5-7-18-14(11)15(19-16)12-8-13(20-4-2)10-17-9-12/h5-10,15,19H,3-4,16H2,1-2H3. The summed E-state index contributed by atoms with van der Waals surface area (Å²) in [6.07, 6.45) is 6.15. The predicted molar refractivity (Wildman–Crippen MR) is 78.2 cm³/mol. The van der Waals surface area contributed by atoms with Gasteiger partial charge in [0.25, 0.3) is 0 Å². The number of hydrogen-bond acceptors (Lipinski definition) is 5. The number of hydrazine groups is 1. The van der Waals surface area contributed by atoms with Crippen LogP contribution in [0.2, 0.25) is 0 Å². The van der Waals surface area contributed by atoms with E-state index in [-0.39, 0.29) is 6.04 Å². The van der Waals surface area contributed by atoms with Gasteiger partial charge in [0.15, 0.2) is 0 Å². The second-order valence-electron chi connectivity index (χ2n) is 4.39. The molecule has 106 valence electrons. The van der Waals surface area contributed by atoms with Crippen LogP contribution in [0.3, 0.4) is 0 Å². The molecule has 5 nitrogen and oxygen atoms in total. The van der Waals surface area contributed by atoms with Crippen molar-refractivity contribution in [1.82, 2.24) is 15.4 Å². The third kappa shape index (κ3) is 3.12. The Hall–Kier alpha value is -1.98. The lowest BCUT2D eigenvalue weighted by atomic mass is 10.00. The predicted octanol–water partition coefficient (Wildman–Crippen LogP) is 1.99. The second-order valence-corrected chi connectivity index (χ2v) is 4.39. The zero-order chi connectivity index (χ0) is 14.4. The van der Waals surface area contributed by atoms with Crippen molar-refractivity contribution in [2.75, 3.05) is 6.61 Å². The molecule has 0 amide bonds. The van der Waals surface area contributed by atoms with Crippen molar-refractivity contribution in [2.24, 2.45) is 5.84 Å². The summed E-state index contributed by atoms with van der Waals surface area (Å²) < 4.78 is 5.48. The van der Waals surface area contributed by atoms with Crippen LogP contribution in [0.15, 0.2) is 36.8 Å². The lowest BCUT2D eigenvalue weighted by molar-refractivity contribution is 0.338. The van der Waals surface area contributed by atoms with Gasteiger partial charge < -0.3 is 4.74 Å². The molecule has 0 radical (unpaired) electrons. The van der Waals surface area contributed by atoms with Gasteiger partial charge in [-0.05, 0) is 36.6 Å². The molecule has 0 aliphatic carbocycles. The monoisotopic (exact) mass is 272 g/mol. The number of hydrogen-bond donors (Lipinski definition) is 2. The van der Waals surface area contributed by atoms with Crippen LogP contribution < -0.4 is 16.0 Å². The molecule has 0 aliphatic rings. The molecule has 0 bridgehead atoms. The van der Waals surface area contributed by atoms with Crippen LogP contribution in [-0.4, -0.2) is 16.6 Å². The highest BCUT2D eigenvalue weighted by Crippen LogP contribution is 2.24. The lowest BCUT2D eigenvalue weighted by Crippen LogP contribution is -2.30. The summed E-state index contributed by atoms with van der Waals surface area (Å²) in [7, 11) is 0. The summed E-state index contributed by atoms with van der Waals surface area (Å²) in [6, 6.07) is 5.74. The Kier molecular flexibility index (Phi) is 5.03.